The fourth-order valence-electron chi connectivity index (χ4n) is 5.10. The van der Waals surface area contributed by atoms with E-state index in [1.165, 1.54) is 16.7 Å². The van der Waals surface area contributed by atoms with Gasteiger partial charge >= 0.3 is 0 Å². The summed E-state index contributed by atoms with van der Waals surface area (Å²) in [5.74, 6) is 0.990. The van der Waals surface area contributed by atoms with Gasteiger partial charge in [0.2, 0.25) is 0 Å². The summed E-state index contributed by atoms with van der Waals surface area (Å²) in [7, 11) is 0. The zero-order valence-corrected chi connectivity index (χ0v) is 18.1. The fourth-order valence-corrected chi connectivity index (χ4v) is 5.10. The van der Waals surface area contributed by atoms with Gasteiger partial charge in [0.1, 0.15) is 11.3 Å². The van der Waals surface area contributed by atoms with Crippen LogP contribution >= 0.6 is 0 Å². The molecule has 7 nitrogen and oxygen atoms in total. The molecule has 4 heterocycles. The first-order chi connectivity index (χ1) is 15.5. The number of rotatable bonds is 2. The van der Waals surface area contributed by atoms with Crippen LogP contribution in [-0.4, -0.2) is 38.4 Å². The Labute approximate surface area is 184 Å². The predicted molar refractivity (Wildman–Crippen MR) is 121 cm³/mol. The Hall–Kier alpha value is -3.45. The Balaban J connectivity index is 1.45. The SMILES string of the molecule is Cc1cc2c(cc1C(=O)N1Cc3cccc(C)c3C1)[nH]c(=O)c1cnc(C3CCOC3)n12. The number of nitrogens with zero attached hydrogens (tertiary/aromatic N) is 3. The number of amides is 1. The summed E-state index contributed by atoms with van der Waals surface area (Å²) in [6.45, 7) is 6.57. The number of benzene rings is 2. The van der Waals surface area contributed by atoms with Crippen LogP contribution in [0, 0.1) is 13.8 Å². The van der Waals surface area contributed by atoms with Crippen molar-refractivity contribution < 1.29 is 9.53 Å². The fraction of sp³-hybridized carbons (Fsp3) is 0.320. The maximum atomic E-state index is 13.5. The highest BCUT2D eigenvalue weighted by molar-refractivity contribution is 5.99. The first kappa shape index (κ1) is 19.3. The van der Waals surface area contributed by atoms with E-state index < -0.39 is 0 Å². The number of aromatic amines is 1. The van der Waals surface area contributed by atoms with Gasteiger partial charge in [-0.05, 0) is 54.7 Å². The van der Waals surface area contributed by atoms with E-state index in [1.54, 1.807) is 6.20 Å². The van der Waals surface area contributed by atoms with Crippen molar-refractivity contribution in [3.8, 4) is 0 Å². The Kier molecular flexibility index (Phi) is 4.23. The second-order valence-electron chi connectivity index (χ2n) is 8.91. The van der Waals surface area contributed by atoms with E-state index in [2.05, 4.69) is 29.0 Å². The highest BCUT2D eigenvalue weighted by Gasteiger charge is 2.28. The zero-order valence-electron chi connectivity index (χ0n) is 18.1. The van der Waals surface area contributed by atoms with E-state index in [1.807, 2.05) is 34.4 Å². The first-order valence-corrected chi connectivity index (χ1v) is 11.0. The molecule has 2 aromatic carbocycles. The quantitative estimate of drug-likeness (QED) is 0.530. The molecule has 1 unspecified atom stereocenters. The van der Waals surface area contributed by atoms with E-state index in [4.69, 9.17) is 4.74 Å². The monoisotopic (exact) mass is 428 g/mol. The lowest BCUT2D eigenvalue weighted by atomic mass is 10.0. The zero-order chi connectivity index (χ0) is 22.0. The Bertz CT molecular complexity index is 1460. The van der Waals surface area contributed by atoms with Crippen LogP contribution in [0.15, 0.2) is 41.3 Å². The molecule has 0 saturated carbocycles. The van der Waals surface area contributed by atoms with Crippen molar-refractivity contribution in [3.63, 3.8) is 0 Å². The number of fused-ring (bicyclic) bond motifs is 4. The van der Waals surface area contributed by atoms with Crippen molar-refractivity contribution in [2.75, 3.05) is 13.2 Å². The lowest BCUT2D eigenvalue weighted by Gasteiger charge is -2.18. The maximum Gasteiger partial charge on any atom is 0.274 e. The normalized spacial score (nSPS) is 18.1. The molecule has 0 bridgehead atoms. The summed E-state index contributed by atoms with van der Waals surface area (Å²) in [5.41, 5.74) is 6.95. The number of H-pyrrole nitrogens is 1. The summed E-state index contributed by atoms with van der Waals surface area (Å²) in [4.78, 5) is 35.6. The third-order valence-corrected chi connectivity index (χ3v) is 6.88. The molecule has 1 saturated heterocycles. The van der Waals surface area contributed by atoms with Crippen molar-refractivity contribution in [2.45, 2.75) is 39.3 Å². The highest BCUT2D eigenvalue weighted by Crippen LogP contribution is 2.30. The van der Waals surface area contributed by atoms with Gasteiger partial charge < -0.3 is 14.6 Å². The molecule has 2 aromatic heterocycles. The van der Waals surface area contributed by atoms with Gasteiger partial charge in [0, 0.05) is 31.2 Å². The van der Waals surface area contributed by atoms with Crippen LogP contribution in [0.3, 0.4) is 0 Å². The first-order valence-electron chi connectivity index (χ1n) is 11.0. The van der Waals surface area contributed by atoms with Crippen molar-refractivity contribution in [3.05, 3.63) is 80.5 Å². The van der Waals surface area contributed by atoms with Crippen molar-refractivity contribution in [1.29, 1.82) is 0 Å². The van der Waals surface area contributed by atoms with Gasteiger partial charge in [-0.15, -0.1) is 0 Å². The van der Waals surface area contributed by atoms with E-state index in [-0.39, 0.29) is 17.4 Å². The number of imidazole rings is 1. The second-order valence-corrected chi connectivity index (χ2v) is 8.91. The van der Waals surface area contributed by atoms with Gasteiger partial charge in [-0.1, -0.05) is 18.2 Å². The lowest BCUT2D eigenvalue weighted by molar-refractivity contribution is 0.0750. The number of aromatic nitrogens is 3. The minimum atomic E-state index is -0.207. The Morgan fingerprint density at radius 1 is 1.16 bits per heavy atom. The molecule has 162 valence electrons. The van der Waals surface area contributed by atoms with Gasteiger partial charge in [-0.3, -0.25) is 14.0 Å². The summed E-state index contributed by atoms with van der Waals surface area (Å²) in [5, 5.41) is 0. The van der Waals surface area contributed by atoms with Crippen molar-refractivity contribution in [2.24, 2.45) is 0 Å². The standard InChI is InChI=1S/C25H24N4O3/c1-14-4-3-5-16-11-28(12-19(14)16)25(31)18-9-20-21(8-15(18)2)29-22(24(30)27-20)10-26-23(29)17-6-7-32-13-17/h3-5,8-10,17H,6-7,11-13H2,1-2H3,(H,27,30). The van der Waals surface area contributed by atoms with E-state index in [0.717, 1.165) is 23.3 Å². The summed E-state index contributed by atoms with van der Waals surface area (Å²) in [6, 6.07) is 10.0. The van der Waals surface area contributed by atoms with E-state index in [9.17, 15) is 9.59 Å². The molecule has 1 fully saturated rings. The Morgan fingerprint density at radius 3 is 2.81 bits per heavy atom. The van der Waals surface area contributed by atoms with Gasteiger partial charge in [-0.25, -0.2) is 4.98 Å². The van der Waals surface area contributed by atoms with Crippen LogP contribution in [0.1, 0.15) is 50.8 Å². The predicted octanol–water partition coefficient (Wildman–Crippen LogP) is 3.45. The van der Waals surface area contributed by atoms with Crippen LogP contribution in [0.4, 0.5) is 0 Å². The van der Waals surface area contributed by atoms with Crippen molar-refractivity contribution >= 4 is 22.5 Å². The largest absolute Gasteiger partial charge is 0.381 e. The van der Waals surface area contributed by atoms with Gasteiger partial charge in [-0.2, -0.15) is 0 Å². The topological polar surface area (TPSA) is 79.7 Å². The molecule has 4 aromatic rings. The summed E-state index contributed by atoms with van der Waals surface area (Å²) < 4.78 is 7.48. The average Bonchev–Trinajstić information content (AvgIpc) is 3.52. The van der Waals surface area contributed by atoms with Crippen LogP contribution in [-0.2, 0) is 17.8 Å². The molecule has 1 amide bonds. The molecule has 7 heteroatoms. The number of carbonyl (C=O) groups excluding carboxylic acids is 1. The minimum absolute atomic E-state index is 0.0176. The molecule has 2 aliphatic heterocycles. The molecule has 1 atom stereocenters. The van der Waals surface area contributed by atoms with Crippen molar-refractivity contribution in [1.82, 2.24) is 19.3 Å². The van der Waals surface area contributed by atoms with Gasteiger partial charge in [0.05, 0.1) is 23.8 Å². The third-order valence-electron chi connectivity index (χ3n) is 6.88. The third kappa shape index (κ3) is 2.81. The molecule has 6 rings (SSSR count). The van der Waals surface area contributed by atoms with E-state index in [0.29, 0.717) is 42.9 Å². The maximum absolute atomic E-state index is 13.5. The molecular weight excluding hydrogens is 404 g/mol. The minimum Gasteiger partial charge on any atom is -0.381 e. The number of aryl methyl sites for hydroxylation is 2. The number of hydrogen-bond donors (Lipinski definition) is 1. The number of hydrogen-bond acceptors (Lipinski definition) is 4. The van der Waals surface area contributed by atoms with E-state index >= 15 is 0 Å². The van der Waals surface area contributed by atoms with Crippen LogP contribution in [0.2, 0.25) is 0 Å². The summed E-state index contributed by atoms with van der Waals surface area (Å²) >= 11 is 0. The lowest BCUT2D eigenvalue weighted by Crippen LogP contribution is -2.26. The highest BCUT2D eigenvalue weighted by atomic mass is 16.5. The number of nitrogens with one attached hydrogen (secondary N) is 1. The van der Waals surface area contributed by atoms with Crippen LogP contribution < -0.4 is 5.56 Å². The summed E-state index contributed by atoms with van der Waals surface area (Å²) in [6.07, 6.45) is 2.52. The molecule has 2 aliphatic rings. The Morgan fingerprint density at radius 2 is 2.03 bits per heavy atom. The molecular formula is C25H24N4O3. The van der Waals surface area contributed by atoms with Gasteiger partial charge in [0.15, 0.2) is 0 Å². The molecule has 1 N–H and O–H groups in total. The molecule has 0 spiro atoms. The smallest absolute Gasteiger partial charge is 0.274 e. The molecule has 0 aliphatic carbocycles. The van der Waals surface area contributed by atoms with Gasteiger partial charge in [0.25, 0.3) is 11.5 Å². The number of ether oxygens (including phenoxy) is 1. The van der Waals surface area contributed by atoms with Crippen LogP contribution in [0.25, 0.3) is 16.6 Å². The average molecular weight is 428 g/mol. The molecule has 0 radical (unpaired) electrons. The van der Waals surface area contributed by atoms with Crippen LogP contribution in [0.5, 0.6) is 0 Å². The molecule has 32 heavy (non-hydrogen) atoms. The number of carbonyl (C=O) groups is 1. The second kappa shape index (κ2) is 7.03.